The van der Waals surface area contributed by atoms with E-state index < -0.39 is 0 Å². The molecule has 0 spiro atoms. The molecule has 0 aliphatic carbocycles. The number of nitrogens with two attached hydrogens (primary N) is 2. The topological polar surface area (TPSA) is 81.1 Å². The molecular formula is C5H11N3O. The number of carbonyl (C=O) groups is 1. The molecule has 0 fully saturated rings. The van der Waals surface area contributed by atoms with Gasteiger partial charge in [-0.2, -0.15) is 0 Å². The molecular weight excluding hydrogens is 118 g/mol. The number of hydrogen-bond acceptors (Lipinski definition) is 3. The first kappa shape index (κ1) is 7.97. The van der Waals surface area contributed by atoms with Gasteiger partial charge in [0, 0.05) is 6.54 Å². The van der Waals surface area contributed by atoms with Crippen molar-refractivity contribution in [3.63, 3.8) is 0 Å². The van der Waals surface area contributed by atoms with Crippen LogP contribution >= 0.6 is 0 Å². The number of hydrogen-bond donors (Lipinski definition) is 3. The molecule has 1 amide bonds. The molecule has 5 N–H and O–H groups in total. The van der Waals surface area contributed by atoms with Crippen molar-refractivity contribution in [3.05, 3.63) is 12.3 Å². The number of rotatable bonds is 3. The Bertz CT molecular complexity index is 111. The Balaban J connectivity index is 3.17. The standard InChI is InChI=1S/C5H11N3O/c6-2-1-3-8-5(9)4-7/h1-2H,3-4,6-7H2,(H,8,9). The maximum atomic E-state index is 10.4. The van der Waals surface area contributed by atoms with Gasteiger partial charge in [0.15, 0.2) is 0 Å². The van der Waals surface area contributed by atoms with Gasteiger partial charge in [0.1, 0.15) is 0 Å². The molecule has 52 valence electrons. The molecule has 0 aliphatic rings. The Labute approximate surface area is 53.9 Å². The summed E-state index contributed by atoms with van der Waals surface area (Å²) in [6.07, 6.45) is 3.00. The minimum atomic E-state index is -0.173. The Morgan fingerprint density at radius 2 is 2.33 bits per heavy atom. The highest BCUT2D eigenvalue weighted by molar-refractivity contribution is 5.77. The normalized spacial score (nSPS) is 9.89. The third-order valence-corrected chi connectivity index (χ3v) is 0.739. The summed E-state index contributed by atoms with van der Waals surface area (Å²) in [5.41, 5.74) is 9.98. The average molecular weight is 129 g/mol. The number of amides is 1. The Kier molecular flexibility index (Phi) is 4.53. The SMILES string of the molecule is NC=CCNC(=O)CN. The van der Waals surface area contributed by atoms with Crippen LogP contribution < -0.4 is 16.8 Å². The fourth-order valence-electron chi connectivity index (χ4n) is 0.313. The summed E-state index contributed by atoms with van der Waals surface area (Å²) in [6, 6.07) is 0. The quantitative estimate of drug-likeness (QED) is 0.435. The molecule has 0 heterocycles. The molecule has 0 aromatic carbocycles. The van der Waals surface area contributed by atoms with Gasteiger partial charge >= 0.3 is 0 Å². The summed E-state index contributed by atoms with van der Waals surface area (Å²) in [5.74, 6) is -0.173. The zero-order chi connectivity index (χ0) is 7.11. The monoisotopic (exact) mass is 129 g/mol. The summed E-state index contributed by atoms with van der Waals surface area (Å²) in [5, 5.41) is 2.50. The van der Waals surface area contributed by atoms with Gasteiger partial charge in [0.2, 0.25) is 5.91 Å². The third kappa shape index (κ3) is 4.83. The van der Waals surface area contributed by atoms with Gasteiger partial charge in [0.05, 0.1) is 6.54 Å². The molecule has 0 aliphatic heterocycles. The maximum absolute atomic E-state index is 10.4. The van der Waals surface area contributed by atoms with Crippen LogP contribution in [0.5, 0.6) is 0 Å². The van der Waals surface area contributed by atoms with Gasteiger partial charge < -0.3 is 16.8 Å². The van der Waals surface area contributed by atoms with Crippen molar-refractivity contribution in [2.45, 2.75) is 0 Å². The molecule has 4 nitrogen and oxygen atoms in total. The summed E-state index contributed by atoms with van der Waals surface area (Å²) in [4.78, 5) is 10.4. The van der Waals surface area contributed by atoms with E-state index in [4.69, 9.17) is 11.5 Å². The van der Waals surface area contributed by atoms with E-state index in [0.29, 0.717) is 6.54 Å². The average Bonchev–Trinajstić information content (AvgIpc) is 1.89. The molecule has 0 bridgehead atoms. The van der Waals surface area contributed by atoms with Gasteiger partial charge in [-0.1, -0.05) is 0 Å². The highest BCUT2D eigenvalue weighted by atomic mass is 16.1. The van der Waals surface area contributed by atoms with Gasteiger partial charge in [0.25, 0.3) is 0 Å². The van der Waals surface area contributed by atoms with Crippen LogP contribution in [-0.4, -0.2) is 19.0 Å². The first-order valence-electron chi connectivity index (χ1n) is 2.64. The summed E-state index contributed by atoms with van der Waals surface area (Å²) < 4.78 is 0. The second kappa shape index (κ2) is 5.11. The van der Waals surface area contributed by atoms with E-state index in [1.165, 1.54) is 6.20 Å². The highest BCUT2D eigenvalue weighted by Crippen LogP contribution is 1.62. The molecule has 0 rings (SSSR count). The lowest BCUT2D eigenvalue weighted by Gasteiger charge is -1.95. The van der Waals surface area contributed by atoms with Crippen molar-refractivity contribution >= 4 is 5.91 Å². The van der Waals surface area contributed by atoms with Crippen LogP contribution in [0.15, 0.2) is 12.3 Å². The Hall–Kier alpha value is -1.03. The van der Waals surface area contributed by atoms with Crippen LogP contribution in [0.25, 0.3) is 0 Å². The van der Waals surface area contributed by atoms with Crippen molar-refractivity contribution in [2.75, 3.05) is 13.1 Å². The number of carbonyl (C=O) groups excluding carboxylic acids is 1. The highest BCUT2D eigenvalue weighted by Gasteiger charge is 1.90. The third-order valence-electron chi connectivity index (χ3n) is 0.739. The lowest BCUT2D eigenvalue weighted by atomic mass is 10.5. The first-order chi connectivity index (χ1) is 4.31. The molecule has 9 heavy (non-hydrogen) atoms. The minimum absolute atomic E-state index is 0.0262. The molecule has 0 saturated carbocycles. The van der Waals surface area contributed by atoms with Gasteiger partial charge in [-0.05, 0) is 12.3 Å². The predicted molar refractivity (Wildman–Crippen MR) is 35.4 cm³/mol. The van der Waals surface area contributed by atoms with Crippen molar-refractivity contribution in [2.24, 2.45) is 11.5 Å². The van der Waals surface area contributed by atoms with E-state index in [0.717, 1.165) is 0 Å². The fourth-order valence-corrected chi connectivity index (χ4v) is 0.313. The van der Waals surface area contributed by atoms with E-state index in [9.17, 15) is 4.79 Å². The van der Waals surface area contributed by atoms with Crippen LogP contribution in [0, 0.1) is 0 Å². The van der Waals surface area contributed by atoms with Crippen molar-refractivity contribution in [1.29, 1.82) is 0 Å². The molecule has 0 atom stereocenters. The van der Waals surface area contributed by atoms with Crippen LogP contribution in [0.3, 0.4) is 0 Å². The smallest absolute Gasteiger partial charge is 0.233 e. The van der Waals surface area contributed by atoms with Gasteiger partial charge in [-0.3, -0.25) is 4.79 Å². The largest absolute Gasteiger partial charge is 0.405 e. The zero-order valence-electron chi connectivity index (χ0n) is 5.13. The fraction of sp³-hybridized carbons (Fsp3) is 0.400. The first-order valence-corrected chi connectivity index (χ1v) is 2.64. The van der Waals surface area contributed by atoms with E-state index in [2.05, 4.69) is 5.32 Å². The van der Waals surface area contributed by atoms with Gasteiger partial charge in [-0.15, -0.1) is 0 Å². The minimum Gasteiger partial charge on any atom is -0.405 e. The van der Waals surface area contributed by atoms with Crippen LogP contribution in [0.4, 0.5) is 0 Å². The van der Waals surface area contributed by atoms with Crippen LogP contribution in [0.2, 0.25) is 0 Å². The lowest BCUT2D eigenvalue weighted by molar-refractivity contribution is -0.119. The number of nitrogens with one attached hydrogen (secondary N) is 1. The molecule has 0 saturated heterocycles. The van der Waals surface area contributed by atoms with Crippen LogP contribution in [0.1, 0.15) is 0 Å². The molecule has 0 radical (unpaired) electrons. The van der Waals surface area contributed by atoms with Crippen molar-refractivity contribution in [3.8, 4) is 0 Å². The Morgan fingerprint density at radius 3 is 2.78 bits per heavy atom. The molecule has 4 heteroatoms. The van der Waals surface area contributed by atoms with E-state index in [1.807, 2.05) is 0 Å². The second-order valence-electron chi connectivity index (χ2n) is 1.44. The second-order valence-corrected chi connectivity index (χ2v) is 1.44. The summed E-state index contributed by atoms with van der Waals surface area (Å²) in [7, 11) is 0. The van der Waals surface area contributed by atoms with Gasteiger partial charge in [-0.25, -0.2) is 0 Å². The predicted octanol–water partition coefficient (Wildman–Crippen LogP) is -1.47. The van der Waals surface area contributed by atoms with Crippen molar-refractivity contribution < 1.29 is 4.79 Å². The van der Waals surface area contributed by atoms with E-state index in [1.54, 1.807) is 6.08 Å². The molecule has 0 aromatic heterocycles. The van der Waals surface area contributed by atoms with Crippen molar-refractivity contribution in [1.82, 2.24) is 5.32 Å². The van der Waals surface area contributed by atoms with E-state index in [-0.39, 0.29) is 12.5 Å². The molecule has 0 unspecified atom stereocenters. The van der Waals surface area contributed by atoms with Crippen LogP contribution in [-0.2, 0) is 4.79 Å². The summed E-state index contributed by atoms with van der Waals surface area (Å²) in [6.45, 7) is 0.477. The van der Waals surface area contributed by atoms with E-state index >= 15 is 0 Å². The lowest BCUT2D eigenvalue weighted by Crippen LogP contribution is -2.30. The maximum Gasteiger partial charge on any atom is 0.233 e. The zero-order valence-corrected chi connectivity index (χ0v) is 5.13. The Morgan fingerprint density at radius 1 is 1.67 bits per heavy atom. The summed E-state index contributed by atoms with van der Waals surface area (Å²) >= 11 is 0. The molecule has 0 aromatic rings.